The number of nitrogens with two attached hydrogens (primary N) is 1. The predicted octanol–water partition coefficient (Wildman–Crippen LogP) is 2.99. The molecule has 106 valence electrons. The lowest BCUT2D eigenvalue weighted by Gasteiger charge is -2.17. The van der Waals surface area contributed by atoms with Crippen molar-refractivity contribution in [3.05, 3.63) is 70.8 Å². The van der Waals surface area contributed by atoms with Crippen molar-refractivity contribution in [1.29, 1.82) is 0 Å². The smallest absolute Gasteiger partial charge is 0.159 e. The molecule has 0 aliphatic heterocycles. The summed E-state index contributed by atoms with van der Waals surface area (Å²) in [5.74, 6) is 1.95. The van der Waals surface area contributed by atoms with Crippen LogP contribution in [-0.2, 0) is 6.42 Å². The molecular weight excluding hydrogens is 272 g/mol. The average Bonchev–Trinajstić information content (AvgIpc) is 2.41. The van der Waals surface area contributed by atoms with Crippen molar-refractivity contribution in [3.8, 4) is 0 Å². The highest BCUT2D eigenvalue weighted by atomic mass is 19.2. The number of hydrazine groups is 1. The third-order valence-electron chi connectivity index (χ3n) is 2.96. The van der Waals surface area contributed by atoms with Crippen molar-refractivity contribution >= 4 is 0 Å². The van der Waals surface area contributed by atoms with E-state index >= 15 is 0 Å². The molecule has 0 spiro atoms. The first-order valence-electron chi connectivity index (χ1n) is 5.86. The van der Waals surface area contributed by atoms with Crippen LogP contribution in [0.15, 0.2) is 36.4 Å². The Hall–Kier alpha value is -1.92. The van der Waals surface area contributed by atoms with Gasteiger partial charge in [0.1, 0.15) is 11.6 Å². The van der Waals surface area contributed by atoms with Crippen LogP contribution in [-0.4, -0.2) is 0 Å². The number of halogens is 4. The minimum Gasteiger partial charge on any atom is -0.271 e. The number of benzene rings is 2. The van der Waals surface area contributed by atoms with E-state index in [2.05, 4.69) is 5.43 Å². The van der Waals surface area contributed by atoms with Crippen molar-refractivity contribution in [3.63, 3.8) is 0 Å². The van der Waals surface area contributed by atoms with Crippen molar-refractivity contribution in [2.45, 2.75) is 12.5 Å². The summed E-state index contributed by atoms with van der Waals surface area (Å²) < 4.78 is 52.5. The topological polar surface area (TPSA) is 38.0 Å². The molecule has 2 aromatic rings. The molecule has 2 aromatic carbocycles. The first kappa shape index (κ1) is 14.5. The standard InChI is InChI=1S/C14H12F4N2/c15-9-2-3-10(12(17)7-9)14(20-19)6-8-1-4-11(16)13(18)5-8/h1-5,7,14,20H,6,19H2. The maximum absolute atomic E-state index is 13.7. The molecule has 3 N–H and O–H groups in total. The van der Waals surface area contributed by atoms with Gasteiger partial charge in [-0.15, -0.1) is 0 Å². The van der Waals surface area contributed by atoms with Crippen LogP contribution in [0.4, 0.5) is 17.6 Å². The van der Waals surface area contributed by atoms with Gasteiger partial charge in [0, 0.05) is 11.6 Å². The molecule has 0 saturated carbocycles. The van der Waals surface area contributed by atoms with Gasteiger partial charge in [-0.25, -0.2) is 17.6 Å². The molecule has 0 bridgehead atoms. The van der Waals surface area contributed by atoms with Gasteiger partial charge in [-0.05, 0) is 30.2 Å². The molecule has 1 atom stereocenters. The molecule has 6 heteroatoms. The molecule has 0 aliphatic carbocycles. The Morgan fingerprint density at radius 2 is 1.65 bits per heavy atom. The predicted molar refractivity (Wildman–Crippen MR) is 66.5 cm³/mol. The van der Waals surface area contributed by atoms with Gasteiger partial charge in [0.15, 0.2) is 11.6 Å². The Morgan fingerprint density at radius 3 is 2.25 bits per heavy atom. The van der Waals surface area contributed by atoms with E-state index in [1.165, 1.54) is 12.1 Å². The fourth-order valence-electron chi connectivity index (χ4n) is 1.95. The van der Waals surface area contributed by atoms with Gasteiger partial charge in [0.25, 0.3) is 0 Å². The first-order valence-corrected chi connectivity index (χ1v) is 5.86. The van der Waals surface area contributed by atoms with Crippen molar-refractivity contribution in [2.75, 3.05) is 0 Å². The highest BCUT2D eigenvalue weighted by molar-refractivity contribution is 5.26. The van der Waals surface area contributed by atoms with Crippen molar-refractivity contribution in [1.82, 2.24) is 5.43 Å². The monoisotopic (exact) mass is 284 g/mol. The fourth-order valence-corrected chi connectivity index (χ4v) is 1.95. The van der Waals surface area contributed by atoms with E-state index in [0.29, 0.717) is 5.56 Å². The van der Waals surface area contributed by atoms with Crippen LogP contribution >= 0.6 is 0 Å². The van der Waals surface area contributed by atoms with Gasteiger partial charge in [-0.2, -0.15) is 0 Å². The molecule has 0 saturated heterocycles. The van der Waals surface area contributed by atoms with E-state index in [0.717, 1.165) is 24.3 Å². The maximum Gasteiger partial charge on any atom is 0.159 e. The molecule has 0 heterocycles. The quantitative estimate of drug-likeness (QED) is 0.514. The molecule has 0 amide bonds. The minimum atomic E-state index is -0.988. The lowest BCUT2D eigenvalue weighted by Crippen LogP contribution is -2.30. The third kappa shape index (κ3) is 3.15. The molecule has 0 radical (unpaired) electrons. The molecule has 1 unspecified atom stereocenters. The highest BCUT2D eigenvalue weighted by Gasteiger charge is 2.16. The lowest BCUT2D eigenvalue weighted by molar-refractivity contribution is 0.492. The minimum absolute atomic E-state index is 0.135. The van der Waals surface area contributed by atoms with Gasteiger partial charge < -0.3 is 0 Å². The van der Waals surface area contributed by atoms with E-state index in [9.17, 15) is 17.6 Å². The second kappa shape index (κ2) is 6.02. The highest BCUT2D eigenvalue weighted by Crippen LogP contribution is 2.22. The Kier molecular flexibility index (Phi) is 4.36. The van der Waals surface area contributed by atoms with E-state index in [-0.39, 0.29) is 12.0 Å². The molecule has 20 heavy (non-hydrogen) atoms. The Morgan fingerprint density at radius 1 is 0.900 bits per heavy atom. The van der Waals surface area contributed by atoms with Crippen LogP contribution in [0.25, 0.3) is 0 Å². The summed E-state index contributed by atoms with van der Waals surface area (Å²) in [6, 6.07) is 5.80. The molecule has 2 nitrogen and oxygen atoms in total. The SMILES string of the molecule is NNC(Cc1ccc(F)c(F)c1)c1ccc(F)cc1F. The van der Waals surface area contributed by atoms with Crippen LogP contribution in [0.3, 0.4) is 0 Å². The summed E-state index contributed by atoms with van der Waals surface area (Å²) in [5, 5.41) is 0. The first-order chi connectivity index (χ1) is 9.51. The van der Waals surface area contributed by atoms with E-state index in [1.807, 2.05) is 0 Å². The number of rotatable bonds is 4. The summed E-state index contributed by atoms with van der Waals surface area (Å²) in [4.78, 5) is 0. The van der Waals surface area contributed by atoms with E-state index < -0.39 is 29.3 Å². The number of hydrogen-bond acceptors (Lipinski definition) is 2. The van der Waals surface area contributed by atoms with Gasteiger partial charge in [0.05, 0.1) is 6.04 Å². The largest absolute Gasteiger partial charge is 0.271 e. The Labute approximate surface area is 113 Å². The summed E-state index contributed by atoms with van der Waals surface area (Å²) >= 11 is 0. The van der Waals surface area contributed by atoms with Crippen molar-refractivity contribution in [2.24, 2.45) is 5.84 Å². The second-order valence-corrected chi connectivity index (χ2v) is 4.34. The number of hydrogen-bond donors (Lipinski definition) is 2. The zero-order valence-electron chi connectivity index (χ0n) is 10.3. The van der Waals surface area contributed by atoms with Crippen molar-refractivity contribution < 1.29 is 17.6 Å². The van der Waals surface area contributed by atoms with Crippen LogP contribution in [0.2, 0.25) is 0 Å². The van der Waals surface area contributed by atoms with Crippen LogP contribution < -0.4 is 11.3 Å². The zero-order chi connectivity index (χ0) is 14.7. The average molecular weight is 284 g/mol. The molecular formula is C14H12F4N2. The van der Waals surface area contributed by atoms with Crippen LogP contribution in [0.5, 0.6) is 0 Å². The maximum atomic E-state index is 13.7. The Bertz CT molecular complexity index is 616. The van der Waals surface area contributed by atoms with Gasteiger partial charge >= 0.3 is 0 Å². The lowest BCUT2D eigenvalue weighted by atomic mass is 9.99. The zero-order valence-corrected chi connectivity index (χ0v) is 10.3. The van der Waals surface area contributed by atoms with Crippen LogP contribution in [0, 0.1) is 23.3 Å². The van der Waals surface area contributed by atoms with Crippen LogP contribution in [0.1, 0.15) is 17.2 Å². The summed E-state index contributed by atoms with van der Waals surface area (Å²) in [6.45, 7) is 0. The van der Waals surface area contributed by atoms with E-state index in [4.69, 9.17) is 5.84 Å². The molecule has 0 fully saturated rings. The normalized spacial score (nSPS) is 12.4. The van der Waals surface area contributed by atoms with Gasteiger partial charge in [-0.3, -0.25) is 11.3 Å². The summed E-state index contributed by atoms with van der Waals surface area (Å²) in [7, 11) is 0. The Balaban J connectivity index is 2.26. The van der Waals surface area contributed by atoms with Gasteiger partial charge in [-0.1, -0.05) is 12.1 Å². The third-order valence-corrected chi connectivity index (χ3v) is 2.96. The summed E-state index contributed by atoms with van der Waals surface area (Å²) in [6.07, 6.45) is 0.135. The molecule has 0 aromatic heterocycles. The fraction of sp³-hybridized carbons (Fsp3) is 0.143. The number of nitrogens with one attached hydrogen (secondary N) is 1. The van der Waals surface area contributed by atoms with E-state index in [1.54, 1.807) is 0 Å². The second-order valence-electron chi connectivity index (χ2n) is 4.34. The summed E-state index contributed by atoms with van der Waals surface area (Å²) in [5.41, 5.74) is 2.97. The molecule has 2 rings (SSSR count). The molecule has 0 aliphatic rings. The van der Waals surface area contributed by atoms with Gasteiger partial charge in [0.2, 0.25) is 0 Å².